The normalized spacial score (nSPS) is 29.9. The zero-order valence-corrected chi connectivity index (χ0v) is 7.68. The molecule has 2 aliphatic rings. The van der Waals surface area contributed by atoms with E-state index in [0.717, 1.165) is 13.0 Å². The molecule has 0 radical (unpaired) electrons. The molecule has 0 spiro atoms. The van der Waals surface area contributed by atoms with Crippen LogP contribution in [0.4, 0.5) is 0 Å². The van der Waals surface area contributed by atoms with Crippen molar-refractivity contribution in [1.29, 1.82) is 0 Å². The molecule has 0 unspecified atom stereocenters. The summed E-state index contributed by atoms with van der Waals surface area (Å²) in [5, 5.41) is 0. The van der Waals surface area contributed by atoms with Gasteiger partial charge in [-0.15, -0.1) is 0 Å². The van der Waals surface area contributed by atoms with Crippen LogP contribution in [-0.2, 0) is 4.74 Å². The summed E-state index contributed by atoms with van der Waals surface area (Å²) in [5.41, 5.74) is 0.637. The zero-order valence-electron chi connectivity index (χ0n) is 7.68. The molecule has 14 heavy (non-hydrogen) atoms. The number of ether oxygens (including phenoxy) is 1. The van der Waals surface area contributed by atoms with Crippen molar-refractivity contribution in [2.24, 2.45) is 0 Å². The van der Waals surface area contributed by atoms with Crippen molar-refractivity contribution >= 4 is 5.91 Å². The summed E-state index contributed by atoms with van der Waals surface area (Å²) < 4.78 is 10.3. The number of amides is 1. The number of carbonyl (C=O) groups excluding carboxylic acids is 1. The van der Waals surface area contributed by atoms with Gasteiger partial charge in [0.2, 0.25) is 0 Å². The van der Waals surface area contributed by atoms with E-state index in [1.807, 2.05) is 4.90 Å². The minimum absolute atomic E-state index is 0.0644. The predicted octanol–water partition coefficient (Wildman–Crippen LogP) is 0.893. The fraction of sp³-hybridized carbons (Fsp3) is 0.500. The molecular formula is C10H11NO3. The first kappa shape index (κ1) is 8.05. The highest BCUT2D eigenvalue weighted by molar-refractivity contribution is 5.94. The van der Waals surface area contributed by atoms with Crippen molar-refractivity contribution in [2.45, 2.75) is 18.6 Å². The average Bonchev–Trinajstić information content (AvgIpc) is 2.93. The second-order valence-electron chi connectivity index (χ2n) is 3.81. The van der Waals surface area contributed by atoms with Crippen LogP contribution < -0.4 is 0 Å². The van der Waals surface area contributed by atoms with Crippen molar-refractivity contribution in [2.75, 3.05) is 13.2 Å². The van der Waals surface area contributed by atoms with Crippen molar-refractivity contribution in [1.82, 2.24) is 4.90 Å². The number of nitrogens with zero attached hydrogens (tertiary/aromatic N) is 1. The molecule has 74 valence electrons. The van der Waals surface area contributed by atoms with E-state index in [2.05, 4.69) is 0 Å². The third kappa shape index (κ3) is 1.07. The first-order valence-electron chi connectivity index (χ1n) is 4.79. The van der Waals surface area contributed by atoms with Crippen molar-refractivity contribution < 1.29 is 13.9 Å². The Bertz CT molecular complexity index is 346. The van der Waals surface area contributed by atoms with Crippen LogP contribution >= 0.6 is 0 Å². The molecule has 4 heteroatoms. The predicted molar refractivity (Wildman–Crippen MR) is 47.9 cm³/mol. The zero-order chi connectivity index (χ0) is 9.54. The molecule has 2 fully saturated rings. The van der Waals surface area contributed by atoms with Gasteiger partial charge in [-0.2, -0.15) is 0 Å². The summed E-state index contributed by atoms with van der Waals surface area (Å²) >= 11 is 0. The lowest BCUT2D eigenvalue weighted by molar-refractivity contribution is 0.0258. The van der Waals surface area contributed by atoms with Gasteiger partial charge in [0.05, 0.1) is 30.6 Å². The second-order valence-corrected chi connectivity index (χ2v) is 3.81. The Morgan fingerprint density at radius 3 is 3.07 bits per heavy atom. The Morgan fingerprint density at radius 2 is 2.50 bits per heavy atom. The van der Waals surface area contributed by atoms with Crippen LogP contribution in [0.3, 0.4) is 0 Å². The molecule has 1 aromatic rings. The molecule has 4 nitrogen and oxygen atoms in total. The second kappa shape index (κ2) is 2.85. The number of hydrogen-bond acceptors (Lipinski definition) is 3. The number of hydrogen-bond donors (Lipinski definition) is 0. The van der Waals surface area contributed by atoms with Gasteiger partial charge in [-0.25, -0.2) is 0 Å². The highest BCUT2D eigenvalue weighted by Gasteiger charge is 2.41. The number of rotatable bonds is 1. The molecule has 0 aliphatic carbocycles. The minimum atomic E-state index is 0.0644. The molecular weight excluding hydrogens is 182 g/mol. The van der Waals surface area contributed by atoms with Gasteiger partial charge in [-0.1, -0.05) is 0 Å². The van der Waals surface area contributed by atoms with E-state index >= 15 is 0 Å². The van der Waals surface area contributed by atoms with Crippen molar-refractivity contribution in [3.63, 3.8) is 0 Å². The monoisotopic (exact) mass is 193 g/mol. The van der Waals surface area contributed by atoms with Crippen molar-refractivity contribution in [3.8, 4) is 0 Å². The summed E-state index contributed by atoms with van der Waals surface area (Å²) in [6, 6.07) is 1.98. The maximum atomic E-state index is 11.9. The largest absolute Gasteiger partial charge is 0.472 e. The quantitative estimate of drug-likeness (QED) is 0.665. The molecule has 3 heterocycles. The Labute approximate surface area is 81.4 Å². The van der Waals surface area contributed by atoms with E-state index < -0.39 is 0 Å². The summed E-state index contributed by atoms with van der Waals surface area (Å²) in [6.45, 7) is 1.42. The minimum Gasteiger partial charge on any atom is -0.472 e. The smallest absolute Gasteiger partial charge is 0.257 e. The molecule has 0 aromatic carbocycles. The van der Waals surface area contributed by atoms with Gasteiger partial charge >= 0.3 is 0 Å². The number of likely N-dealkylation sites (tertiary alicyclic amines) is 1. The summed E-state index contributed by atoms with van der Waals surface area (Å²) in [6.07, 6.45) is 4.27. The molecule has 2 atom stereocenters. The number of fused-ring (bicyclic) bond motifs is 2. The van der Waals surface area contributed by atoms with Crippen LogP contribution in [0, 0.1) is 0 Å². The molecule has 0 saturated carbocycles. The van der Waals surface area contributed by atoms with Crippen LogP contribution in [0.5, 0.6) is 0 Å². The third-order valence-electron chi connectivity index (χ3n) is 2.93. The Balaban J connectivity index is 1.81. The number of furan rings is 1. The average molecular weight is 193 g/mol. The summed E-state index contributed by atoms with van der Waals surface area (Å²) in [4.78, 5) is 13.8. The first-order chi connectivity index (χ1) is 6.84. The fourth-order valence-electron chi connectivity index (χ4n) is 2.20. The highest BCUT2D eigenvalue weighted by Crippen LogP contribution is 2.28. The van der Waals surface area contributed by atoms with E-state index in [4.69, 9.17) is 9.15 Å². The lowest BCUT2D eigenvalue weighted by atomic mass is 10.2. The van der Waals surface area contributed by atoms with E-state index in [1.54, 1.807) is 6.07 Å². The van der Waals surface area contributed by atoms with Gasteiger partial charge in [0.25, 0.3) is 5.91 Å². The van der Waals surface area contributed by atoms with Crippen LogP contribution in [-0.4, -0.2) is 36.1 Å². The number of carbonyl (C=O) groups is 1. The van der Waals surface area contributed by atoms with Gasteiger partial charge in [0.15, 0.2) is 0 Å². The molecule has 2 bridgehead atoms. The maximum Gasteiger partial charge on any atom is 0.257 e. The summed E-state index contributed by atoms with van der Waals surface area (Å²) in [5.74, 6) is 0.0644. The lowest BCUT2D eigenvalue weighted by Crippen LogP contribution is -2.41. The first-order valence-corrected chi connectivity index (χ1v) is 4.79. The van der Waals surface area contributed by atoms with Gasteiger partial charge in [0.1, 0.15) is 6.26 Å². The topological polar surface area (TPSA) is 42.7 Å². The van der Waals surface area contributed by atoms with Crippen LogP contribution in [0.15, 0.2) is 23.0 Å². The van der Waals surface area contributed by atoms with Gasteiger partial charge < -0.3 is 14.1 Å². The van der Waals surface area contributed by atoms with Crippen LogP contribution in [0.25, 0.3) is 0 Å². The Morgan fingerprint density at radius 1 is 1.57 bits per heavy atom. The van der Waals surface area contributed by atoms with Crippen LogP contribution in [0.2, 0.25) is 0 Å². The molecule has 2 aliphatic heterocycles. The van der Waals surface area contributed by atoms with Gasteiger partial charge in [0, 0.05) is 6.54 Å². The van der Waals surface area contributed by atoms with E-state index in [1.165, 1.54) is 12.5 Å². The molecule has 3 rings (SSSR count). The molecule has 1 amide bonds. The fourth-order valence-corrected chi connectivity index (χ4v) is 2.20. The molecule has 0 N–H and O–H groups in total. The SMILES string of the molecule is O=C(c1ccoc1)N1C[C@H]2C[C@H]1CO2. The standard InChI is InChI=1S/C10H11NO3/c12-10(7-1-2-13-5-7)11-4-9-3-8(11)6-14-9/h1-2,5,8-9H,3-4,6H2/t8-,9+/m0/s1. The summed E-state index contributed by atoms with van der Waals surface area (Å²) in [7, 11) is 0. The van der Waals surface area contributed by atoms with E-state index in [-0.39, 0.29) is 18.1 Å². The lowest BCUT2D eigenvalue weighted by Gasteiger charge is -2.26. The Kier molecular flexibility index (Phi) is 1.64. The van der Waals surface area contributed by atoms with E-state index in [0.29, 0.717) is 12.2 Å². The van der Waals surface area contributed by atoms with Crippen molar-refractivity contribution in [3.05, 3.63) is 24.2 Å². The molecule has 1 aromatic heterocycles. The molecule has 2 saturated heterocycles. The number of morpholine rings is 1. The Hall–Kier alpha value is -1.29. The maximum absolute atomic E-state index is 11.9. The third-order valence-corrected chi connectivity index (χ3v) is 2.93. The highest BCUT2D eigenvalue weighted by atomic mass is 16.5. The van der Waals surface area contributed by atoms with Gasteiger partial charge in [-0.3, -0.25) is 4.79 Å². The van der Waals surface area contributed by atoms with Crippen LogP contribution in [0.1, 0.15) is 16.8 Å². The van der Waals surface area contributed by atoms with Gasteiger partial charge in [-0.05, 0) is 12.5 Å². The van der Waals surface area contributed by atoms with E-state index in [9.17, 15) is 4.79 Å².